The second kappa shape index (κ2) is 6.02. The molecule has 0 aromatic heterocycles. The normalized spacial score (nSPS) is 10.0. The van der Waals surface area contributed by atoms with Crippen molar-refractivity contribution in [3.63, 3.8) is 0 Å². The zero-order chi connectivity index (χ0) is 15.4. The Kier molecular flexibility index (Phi) is 4.15. The predicted molar refractivity (Wildman–Crippen MR) is 80.1 cm³/mol. The van der Waals surface area contributed by atoms with E-state index in [4.69, 9.17) is 5.84 Å². The largest absolute Gasteiger partial charge is 0.318 e. The Morgan fingerprint density at radius 3 is 2.43 bits per heavy atom. The Balaban J connectivity index is 2.47. The Labute approximate surface area is 121 Å². The first-order valence-corrected chi connectivity index (χ1v) is 6.13. The minimum atomic E-state index is -0.624. The number of amides is 1. The van der Waals surface area contributed by atoms with E-state index in [1.54, 1.807) is 31.3 Å². The van der Waals surface area contributed by atoms with E-state index in [0.29, 0.717) is 5.69 Å². The Hall–Kier alpha value is -2.93. The van der Waals surface area contributed by atoms with Crippen molar-refractivity contribution in [2.24, 2.45) is 5.84 Å². The molecule has 2 rings (SSSR count). The lowest BCUT2D eigenvalue weighted by Crippen LogP contribution is -2.27. The third kappa shape index (κ3) is 2.82. The number of carbonyl (C=O) groups excluding carboxylic acids is 1. The van der Waals surface area contributed by atoms with Crippen LogP contribution in [-0.4, -0.2) is 17.9 Å². The van der Waals surface area contributed by atoms with Crippen molar-refractivity contribution < 1.29 is 9.72 Å². The molecule has 7 nitrogen and oxygen atoms in total. The average Bonchev–Trinajstić information content (AvgIpc) is 2.53. The minimum absolute atomic E-state index is 0.0261. The van der Waals surface area contributed by atoms with Crippen LogP contribution in [0.2, 0.25) is 0 Å². The number of rotatable bonds is 4. The van der Waals surface area contributed by atoms with Crippen molar-refractivity contribution in [3.8, 4) is 0 Å². The van der Waals surface area contributed by atoms with Crippen LogP contribution in [-0.2, 0) is 0 Å². The molecule has 0 radical (unpaired) electrons. The number of para-hydroxylation sites is 2. The Morgan fingerprint density at radius 1 is 1.19 bits per heavy atom. The van der Waals surface area contributed by atoms with Crippen molar-refractivity contribution in [2.45, 2.75) is 0 Å². The summed E-state index contributed by atoms with van der Waals surface area (Å²) in [6.07, 6.45) is 0. The van der Waals surface area contributed by atoms with Crippen LogP contribution >= 0.6 is 0 Å². The lowest BCUT2D eigenvalue weighted by molar-refractivity contribution is -0.384. The molecule has 7 heteroatoms. The maximum absolute atomic E-state index is 12.5. The van der Waals surface area contributed by atoms with Gasteiger partial charge in [-0.15, -0.1) is 0 Å². The van der Waals surface area contributed by atoms with E-state index < -0.39 is 10.8 Å². The SMILES string of the molecule is CN(C(=O)c1cccc(NN)c1[N+](=O)[O-])c1ccccc1. The van der Waals surface area contributed by atoms with Crippen molar-refractivity contribution in [1.29, 1.82) is 0 Å². The van der Waals surface area contributed by atoms with Crippen molar-refractivity contribution in [1.82, 2.24) is 0 Å². The van der Waals surface area contributed by atoms with E-state index >= 15 is 0 Å². The van der Waals surface area contributed by atoms with Crippen LogP contribution in [0.1, 0.15) is 10.4 Å². The van der Waals surface area contributed by atoms with Crippen LogP contribution in [0.4, 0.5) is 17.1 Å². The summed E-state index contributed by atoms with van der Waals surface area (Å²) in [6, 6.07) is 13.3. The number of nitro benzene ring substituents is 1. The summed E-state index contributed by atoms with van der Waals surface area (Å²) in [4.78, 5) is 24.4. The highest BCUT2D eigenvalue weighted by atomic mass is 16.6. The predicted octanol–water partition coefficient (Wildman–Crippen LogP) is 2.16. The molecule has 0 spiro atoms. The maximum atomic E-state index is 12.5. The fraction of sp³-hybridized carbons (Fsp3) is 0.0714. The minimum Gasteiger partial charge on any atom is -0.318 e. The number of anilines is 2. The molecule has 21 heavy (non-hydrogen) atoms. The van der Waals surface area contributed by atoms with E-state index in [1.165, 1.54) is 23.1 Å². The van der Waals surface area contributed by atoms with Crippen molar-refractivity contribution >= 4 is 23.0 Å². The number of nitrogens with two attached hydrogens (primary N) is 1. The molecule has 2 aromatic carbocycles. The number of carbonyl (C=O) groups is 1. The topological polar surface area (TPSA) is 102 Å². The second-order valence-corrected chi connectivity index (χ2v) is 4.30. The summed E-state index contributed by atoms with van der Waals surface area (Å²) < 4.78 is 0. The zero-order valence-corrected chi connectivity index (χ0v) is 11.3. The average molecular weight is 286 g/mol. The van der Waals surface area contributed by atoms with Crippen molar-refractivity contribution in [2.75, 3.05) is 17.4 Å². The van der Waals surface area contributed by atoms with E-state index in [1.807, 2.05) is 6.07 Å². The quantitative estimate of drug-likeness (QED) is 0.509. The zero-order valence-electron chi connectivity index (χ0n) is 11.3. The molecule has 0 fully saturated rings. The van der Waals surface area contributed by atoms with Gasteiger partial charge in [-0.25, -0.2) is 0 Å². The number of nitrogens with zero attached hydrogens (tertiary/aromatic N) is 2. The molecule has 1 amide bonds. The molecule has 0 aliphatic carbocycles. The molecule has 0 aliphatic rings. The summed E-state index contributed by atoms with van der Waals surface area (Å²) in [5.74, 6) is 4.78. The van der Waals surface area contributed by atoms with Gasteiger partial charge in [0.15, 0.2) is 0 Å². The highest BCUT2D eigenvalue weighted by Crippen LogP contribution is 2.29. The lowest BCUT2D eigenvalue weighted by atomic mass is 10.1. The first-order chi connectivity index (χ1) is 10.1. The second-order valence-electron chi connectivity index (χ2n) is 4.30. The number of benzene rings is 2. The summed E-state index contributed by atoms with van der Waals surface area (Å²) in [7, 11) is 1.56. The molecular weight excluding hydrogens is 272 g/mol. The Morgan fingerprint density at radius 2 is 1.86 bits per heavy atom. The van der Waals surface area contributed by atoms with Crippen LogP contribution in [0, 0.1) is 10.1 Å². The number of nitrogen functional groups attached to an aromatic ring is 1. The smallest absolute Gasteiger partial charge is 0.306 e. The summed E-state index contributed by atoms with van der Waals surface area (Å²) in [5, 5.41) is 11.2. The number of hydrogen-bond donors (Lipinski definition) is 2. The van der Waals surface area contributed by atoms with E-state index in [9.17, 15) is 14.9 Å². The number of nitrogens with one attached hydrogen (secondary N) is 1. The van der Waals surface area contributed by atoms with Crippen molar-refractivity contribution in [3.05, 3.63) is 64.2 Å². The van der Waals surface area contributed by atoms with Gasteiger partial charge in [0.2, 0.25) is 0 Å². The third-order valence-corrected chi connectivity index (χ3v) is 3.05. The molecule has 2 aromatic rings. The van der Waals surface area contributed by atoms with Gasteiger partial charge in [-0.2, -0.15) is 0 Å². The van der Waals surface area contributed by atoms with E-state index in [0.717, 1.165) is 0 Å². The monoisotopic (exact) mass is 286 g/mol. The van der Waals surface area contributed by atoms with Gasteiger partial charge >= 0.3 is 5.69 Å². The van der Waals surface area contributed by atoms with Gasteiger partial charge in [-0.05, 0) is 24.3 Å². The summed E-state index contributed by atoms with van der Waals surface area (Å²) in [5.41, 5.74) is 2.60. The molecule has 0 bridgehead atoms. The molecule has 0 atom stereocenters. The highest BCUT2D eigenvalue weighted by molar-refractivity contribution is 6.09. The number of hydrazine groups is 1. The van der Waals surface area contributed by atoms with Gasteiger partial charge in [0, 0.05) is 12.7 Å². The van der Waals surface area contributed by atoms with Gasteiger partial charge in [-0.1, -0.05) is 24.3 Å². The summed E-state index contributed by atoms with van der Waals surface area (Å²) in [6.45, 7) is 0. The van der Waals surface area contributed by atoms with Crippen LogP contribution in [0.25, 0.3) is 0 Å². The fourth-order valence-electron chi connectivity index (χ4n) is 1.98. The lowest BCUT2D eigenvalue weighted by Gasteiger charge is -2.17. The van der Waals surface area contributed by atoms with Gasteiger partial charge < -0.3 is 10.3 Å². The Bertz CT molecular complexity index is 673. The van der Waals surface area contributed by atoms with E-state index in [-0.39, 0.29) is 16.9 Å². The summed E-state index contributed by atoms with van der Waals surface area (Å²) >= 11 is 0. The van der Waals surface area contributed by atoms with Gasteiger partial charge in [0.1, 0.15) is 11.3 Å². The van der Waals surface area contributed by atoms with Crippen LogP contribution in [0.5, 0.6) is 0 Å². The van der Waals surface area contributed by atoms with Gasteiger partial charge in [-0.3, -0.25) is 20.8 Å². The van der Waals surface area contributed by atoms with Crippen LogP contribution < -0.4 is 16.2 Å². The van der Waals surface area contributed by atoms with Crippen LogP contribution in [0.3, 0.4) is 0 Å². The highest BCUT2D eigenvalue weighted by Gasteiger charge is 2.26. The van der Waals surface area contributed by atoms with E-state index in [2.05, 4.69) is 5.43 Å². The maximum Gasteiger partial charge on any atom is 0.306 e. The number of nitro groups is 1. The molecule has 0 heterocycles. The molecule has 0 aliphatic heterocycles. The standard InChI is InChI=1S/C14H14N4O3/c1-17(10-6-3-2-4-7-10)14(19)11-8-5-9-12(16-15)13(11)18(20)21/h2-9,16H,15H2,1H3. The molecular formula is C14H14N4O3. The molecule has 0 saturated heterocycles. The molecule has 108 valence electrons. The van der Waals surface area contributed by atoms with Gasteiger partial charge in [0.05, 0.1) is 4.92 Å². The first kappa shape index (κ1) is 14.5. The van der Waals surface area contributed by atoms with Gasteiger partial charge in [0.25, 0.3) is 5.91 Å². The molecule has 3 N–H and O–H groups in total. The molecule has 0 saturated carbocycles. The molecule has 0 unspecified atom stereocenters. The fourth-order valence-corrected chi connectivity index (χ4v) is 1.98. The third-order valence-electron chi connectivity index (χ3n) is 3.05. The number of hydrogen-bond acceptors (Lipinski definition) is 5. The van der Waals surface area contributed by atoms with Crippen LogP contribution in [0.15, 0.2) is 48.5 Å². The first-order valence-electron chi connectivity index (χ1n) is 6.13.